The first-order valence-corrected chi connectivity index (χ1v) is 20.9. The van der Waals surface area contributed by atoms with Gasteiger partial charge in [0.25, 0.3) is 0 Å². The lowest BCUT2D eigenvalue weighted by molar-refractivity contribution is -0.141. The van der Waals surface area contributed by atoms with Crippen LogP contribution < -0.4 is 30.2 Å². The van der Waals surface area contributed by atoms with Crippen LogP contribution in [0.5, 0.6) is 17.6 Å². The lowest BCUT2D eigenvalue weighted by atomic mass is 9.94. The van der Waals surface area contributed by atoms with Crippen molar-refractivity contribution in [1.82, 2.24) is 25.9 Å². The van der Waals surface area contributed by atoms with Crippen LogP contribution in [0.25, 0.3) is 22.4 Å². The van der Waals surface area contributed by atoms with Crippen molar-refractivity contribution in [1.29, 1.82) is 0 Å². The fraction of sp³-hybridized carbons (Fsp3) is 0.356. The van der Waals surface area contributed by atoms with Gasteiger partial charge in [0, 0.05) is 73.2 Å². The number of aliphatic imine (C=N–C) groups is 1. The molecule has 326 valence electrons. The largest absolute Gasteiger partial charge is 0.481 e. The van der Waals surface area contributed by atoms with E-state index in [0.717, 1.165) is 29.2 Å². The summed E-state index contributed by atoms with van der Waals surface area (Å²) >= 11 is 13.3. The first-order valence-electron chi connectivity index (χ1n) is 20.1. The Labute approximate surface area is 366 Å². The molecule has 1 aliphatic heterocycles. The van der Waals surface area contributed by atoms with Gasteiger partial charge in [0.05, 0.1) is 29.5 Å². The first-order chi connectivity index (χ1) is 29.8. The number of hydrogen-bond donors (Lipinski definition) is 4. The third-order valence-electron chi connectivity index (χ3n) is 11.1. The number of aromatic nitrogens is 2. The molecule has 2 aromatic heterocycles. The highest BCUT2D eigenvalue weighted by Crippen LogP contribution is 2.46. The van der Waals surface area contributed by atoms with Gasteiger partial charge in [-0.1, -0.05) is 78.3 Å². The molecule has 2 aliphatic carbocycles. The van der Waals surface area contributed by atoms with Gasteiger partial charge >= 0.3 is 12.1 Å². The Morgan fingerprint density at radius 2 is 1.81 bits per heavy atom. The number of carbonyl (C=O) groups excluding carboxylic acids is 1. The van der Waals surface area contributed by atoms with Crippen molar-refractivity contribution in [3.05, 3.63) is 111 Å². The van der Waals surface area contributed by atoms with Gasteiger partial charge in [-0.05, 0) is 60.9 Å². The molecular weight excluding hydrogens is 848 g/mol. The topological polar surface area (TPSA) is 156 Å². The van der Waals surface area contributed by atoms with Crippen LogP contribution in [-0.4, -0.2) is 65.0 Å². The fourth-order valence-corrected chi connectivity index (χ4v) is 8.15. The summed E-state index contributed by atoms with van der Waals surface area (Å²) in [6.45, 7) is 4.36. The van der Waals surface area contributed by atoms with Crippen LogP contribution in [0.4, 0.5) is 13.2 Å². The molecule has 4 aromatic rings. The number of rotatable bonds is 19. The summed E-state index contributed by atoms with van der Waals surface area (Å²) in [7, 11) is 1.55. The van der Waals surface area contributed by atoms with Gasteiger partial charge in [-0.15, -0.1) is 0 Å². The van der Waals surface area contributed by atoms with E-state index in [9.17, 15) is 27.9 Å². The number of hydrogen-bond acceptors (Lipinski definition) is 10. The molecule has 4 N–H and O–H groups in total. The van der Waals surface area contributed by atoms with Crippen LogP contribution in [0.15, 0.2) is 83.5 Å². The molecule has 1 saturated carbocycles. The average Bonchev–Trinajstić information content (AvgIpc) is 3.78. The predicted octanol–water partition coefficient (Wildman–Crippen LogP) is 8.74. The zero-order valence-electron chi connectivity index (χ0n) is 33.8. The fourth-order valence-electron chi connectivity index (χ4n) is 7.66. The van der Waals surface area contributed by atoms with Gasteiger partial charge in [-0.25, -0.2) is 4.98 Å². The lowest BCUT2D eigenvalue weighted by Crippen LogP contribution is -2.38. The lowest BCUT2D eigenvalue weighted by Gasteiger charge is -2.22. The van der Waals surface area contributed by atoms with E-state index in [1.54, 1.807) is 13.2 Å². The maximum atomic E-state index is 14.8. The quantitative estimate of drug-likeness (QED) is 0.0531. The minimum atomic E-state index is -4.86. The molecule has 1 saturated heterocycles. The molecule has 0 spiro atoms. The summed E-state index contributed by atoms with van der Waals surface area (Å²) in [4.78, 5) is 36.4. The number of alkyl halides is 3. The third-order valence-corrected chi connectivity index (χ3v) is 11.7. The number of benzene rings is 2. The number of ether oxygens (including phenoxy) is 3. The standard InChI is InChI=1S/C45H45Cl2F3N6O6/c1-3-51-24-28(46)7-6-20-61-41-27(23-53-44(18-19-44)43(58)59)21-35(45(48,49)50)42(56-41)62-37-16-14-31-30(8-4-9-32(31)37)33-10-5-11-34(39(33)47)36-15-12-26(40(55-36)60-2)22-52-25-29-13-17-38(57)54-29/h3-5,7-12,15,21,24,29,37,52-53H,1,6,13-14,16-20,22-23,25H2,2H3,(H,54,57)(H,58,59)/b28-7+,51-24-/t29-,37-/m0/s1. The van der Waals surface area contributed by atoms with Gasteiger partial charge in [-0.2, -0.15) is 18.2 Å². The molecule has 62 heavy (non-hydrogen) atoms. The Balaban J connectivity index is 1.14. The summed E-state index contributed by atoms with van der Waals surface area (Å²) in [5.74, 6) is -1.38. The summed E-state index contributed by atoms with van der Waals surface area (Å²) in [5.41, 5.74) is 2.88. The number of carboxylic acid groups (broad SMARTS) is 1. The van der Waals surface area contributed by atoms with E-state index in [4.69, 9.17) is 42.4 Å². The van der Waals surface area contributed by atoms with E-state index >= 15 is 0 Å². The van der Waals surface area contributed by atoms with Crippen LogP contribution in [0.3, 0.4) is 0 Å². The van der Waals surface area contributed by atoms with Crippen molar-refractivity contribution in [2.75, 3.05) is 20.3 Å². The van der Waals surface area contributed by atoms with E-state index < -0.39 is 35.2 Å². The van der Waals surface area contributed by atoms with Crippen LogP contribution in [0, 0.1) is 0 Å². The zero-order valence-corrected chi connectivity index (χ0v) is 35.3. The van der Waals surface area contributed by atoms with E-state index in [2.05, 4.69) is 32.5 Å². The number of carbonyl (C=O) groups is 2. The highest BCUT2D eigenvalue weighted by Gasteiger charge is 2.50. The Hall–Kier alpha value is -5.48. The number of halogens is 5. The summed E-state index contributed by atoms with van der Waals surface area (Å²) in [6.07, 6.45) is 1.79. The van der Waals surface area contributed by atoms with E-state index in [1.165, 1.54) is 12.4 Å². The van der Waals surface area contributed by atoms with Crippen molar-refractivity contribution < 1.29 is 42.1 Å². The number of aliphatic carboxylic acids is 1. The SMILES string of the molecule is C=C/N=C\C(Cl)=C/CCOc1nc(O[C@H]2CCc3c(-c4cccc(-c5ccc(CNC[C@@H]6CCC(=O)N6)c(OC)n5)c4Cl)cccc32)c(C(F)(F)F)cc1CNC1(C(=O)O)CC1. The molecule has 7 rings (SSSR count). The molecule has 0 bridgehead atoms. The number of nitrogens with zero attached hydrogens (tertiary/aromatic N) is 3. The Bertz CT molecular complexity index is 2410. The van der Waals surface area contributed by atoms with Gasteiger partial charge in [0.15, 0.2) is 0 Å². The van der Waals surface area contributed by atoms with Crippen LogP contribution >= 0.6 is 23.2 Å². The van der Waals surface area contributed by atoms with Crippen molar-refractivity contribution in [3.8, 4) is 40.0 Å². The van der Waals surface area contributed by atoms with Crippen LogP contribution in [0.2, 0.25) is 5.02 Å². The molecule has 2 aromatic carbocycles. The summed E-state index contributed by atoms with van der Waals surface area (Å²) < 4.78 is 62.1. The Kier molecular flexibility index (Phi) is 13.9. The van der Waals surface area contributed by atoms with Gasteiger partial charge in [-0.3, -0.25) is 19.9 Å². The maximum Gasteiger partial charge on any atom is 0.421 e. The van der Waals surface area contributed by atoms with Gasteiger partial charge in [0.1, 0.15) is 17.2 Å². The van der Waals surface area contributed by atoms with Crippen molar-refractivity contribution in [2.45, 2.75) is 81.9 Å². The number of allylic oxidation sites excluding steroid dienone is 1. The number of nitrogens with one attached hydrogen (secondary N) is 3. The molecule has 2 fully saturated rings. The van der Waals surface area contributed by atoms with Gasteiger partial charge < -0.3 is 30.0 Å². The van der Waals surface area contributed by atoms with Crippen molar-refractivity contribution in [3.63, 3.8) is 0 Å². The molecule has 12 nitrogen and oxygen atoms in total. The molecule has 3 heterocycles. The number of amides is 1. The number of pyridine rings is 2. The van der Waals surface area contributed by atoms with E-state index in [1.807, 2.05) is 48.5 Å². The average molecular weight is 894 g/mol. The van der Waals surface area contributed by atoms with Crippen LogP contribution in [0.1, 0.15) is 72.4 Å². The molecule has 0 unspecified atom stereocenters. The first kappa shape index (κ1) is 44.6. The molecule has 2 atom stereocenters. The number of fused-ring (bicyclic) bond motifs is 1. The minimum Gasteiger partial charge on any atom is -0.481 e. The van der Waals surface area contributed by atoms with Crippen molar-refractivity contribution >= 4 is 41.3 Å². The summed E-state index contributed by atoms with van der Waals surface area (Å²) in [5, 5.41) is 19.6. The smallest absolute Gasteiger partial charge is 0.421 e. The summed E-state index contributed by atoms with van der Waals surface area (Å²) in [6, 6.07) is 16.0. The van der Waals surface area contributed by atoms with Gasteiger partial charge in [0.2, 0.25) is 23.5 Å². The van der Waals surface area contributed by atoms with Crippen LogP contribution in [-0.2, 0) is 35.3 Å². The Morgan fingerprint density at radius 1 is 1.03 bits per heavy atom. The second kappa shape index (κ2) is 19.3. The minimum absolute atomic E-state index is 0.00548. The molecule has 17 heteroatoms. The van der Waals surface area contributed by atoms with E-state index in [0.29, 0.717) is 83.5 Å². The molecular formula is C45H45Cl2F3N6O6. The highest BCUT2D eigenvalue weighted by atomic mass is 35.5. The highest BCUT2D eigenvalue weighted by molar-refractivity contribution is 6.39. The number of methoxy groups -OCH3 is 1. The van der Waals surface area contributed by atoms with E-state index in [-0.39, 0.29) is 43.0 Å². The predicted molar refractivity (Wildman–Crippen MR) is 230 cm³/mol. The molecule has 3 aliphatic rings. The second-order valence-corrected chi connectivity index (χ2v) is 16.0. The monoisotopic (exact) mass is 892 g/mol. The molecule has 0 radical (unpaired) electrons. The second-order valence-electron chi connectivity index (χ2n) is 15.2. The van der Waals surface area contributed by atoms with Crippen molar-refractivity contribution in [2.24, 2.45) is 4.99 Å². The molecule has 1 amide bonds. The number of carboxylic acids is 1. The zero-order chi connectivity index (χ0) is 44.0. The maximum absolute atomic E-state index is 14.8. The Morgan fingerprint density at radius 3 is 2.52 bits per heavy atom. The normalized spacial score (nSPS) is 18.1. The third kappa shape index (κ3) is 10.2.